The van der Waals surface area contributed by atoms with Gasteiger partial charge >= 0.3 is 6.03 Å². The molecule has 3 amide bonds. The van der Waals surface area contributed by atoms with Gasteiger partial charge in [0.05, 0.1) is 11.0 Å². The summed E-state index contributed by atoms with van der Waals surface area (Å²) in [5, 5.41) is 13.9. The van der Waals surface area contributed by atoms with Crippen LogP contribution in [0.5, 0.6) is 0 Å². The Bertz CT molecular complexity index is 951. The monoisotopic (exact) mass is 427 g/mol. The van der Waals surface area contributed by atoms with Crippen molar-refractivity contribution in [3.05, 3.63) is 64.0 Å². The Kier molecular flexibility index (Phi) is 6.62. The third kappa shape index (κ3) is 4.87. The van der Waals surface area contributed by atoms with Crippen LogP contribution < -0.4 is 5.32 Å². The third-order valence-electron chi connectivity index (χ3n) is 5.38. The molecule has 9 nitrogen and oxygen atoms in total. The van der Waals surface area contributed by atoms with E-state index in [1.807, 2.05) is 46.0 Å². The molecule has 166 valence electrons. The number of fused-ring (bicyclic) bond motifs is 1. The van der Waals surface area contributed by atoms with Crippen LogP contribution in [0.3, 0.4) is 0 Å². The van der Waals surface area contributed by atoms with Crippen LogP contribution in [-0.2, 0) is 11.3 Å². The predicted molar refractivity (Wildman–Crippen MR) is 117 cm³/mol. The fourth-order valence-corrected chi connectivity index (χ4v) is 3.84. The highest BCUT2D eigenvalue weighted by molar-refractivity contribution is 5.85. The number of amides is 3. The summed E-state index contributed by atoms with van der Waals surface area (Å²) >= 11 is 0. The van der Waals surface area contributed by atoms with Gasteiger partial charge in [-0.15, -0.1) is 0 Å². The normalized spacial score (nSPS) is 15.7. The highest BCUT2D eigenvalue weighted by atomic mass is 16.6. The zero-order valence-electron chi connectivity index (χ0n) is 18.3. The van der Waals surface area contributed by atoms with Crippen molar-refractivity contribution < 1.29 is 14.5 Å². The Balaban J connectivity index is 1.89. The number of nitrogens with zero attached hydrogens (tertiary/aromatic N) is 4. The summed E-state index contributed by atoms with van der Waals surface area (Å²) in [6.45, 7) is 8.60. The van der Waals surface area contributed by atoms with Crippen LogP contribution in [-0.4, -0.2) is 56.4 Å². The van der Waals surface area contributed by atoms with Gasteiger partial charge in [-0.1, -0.05) is 0 Å². The number of carbonyl (C=O) groups is 2. The van der Waals surface area contributed by atoms with E-state index in [0.29, 0.717) is 13.1 Å². The van der Waals surface area contributed by atoms with Gasteiger partial charge in [0.1, 0.15) is 6.54 Å². The van der Waals surface area contributed by atoms with Crippen molar-refractivity contribution in [2.24, 2.45) is 0 Å². The molecular weight excluding hydrogens is 398 g/mol. The summed E-state index contributed by atoms with van der Waals surface area (Å²) < 4.78 is 2.08. The van der Waals surface area contributed by atoms with Crippen molar-refractivity contribution in [3.8, 4) is 0 Å². The van der Waals surface area contributed by atoms with E-state index in [4.69, 9.17) is 0 Å². The van der Waals surface area contributed by atoms with Crippen LogP contribution in [0.4, 0.5) is 10.5 Å². The van der Waals surface area contributed by atoms with Crippen molar-refractivity contribution in [1.82, 2.24) is 19.7 Å². The van der Waals surface area contributed by atoms with Crippen molar-refractivity contribution in [3.63, 3.8) is 0 Å². The first-order valence-electron chi connectivity index (χ1n) is 10.4. The van der Waals surface area contributed by atoms with Crippen molar-refractivity contribution in [1.29, 1.82) is 0 Å². The second kappa shape index (κ2) is 9.20. The molecule has 0 unspecified atom stereocenters. The van der Waals surface area contributed by atoms with Crippen LogP contribution in [0.15, 0.2) is 42.6 Å². The number of benzene rings is 1. The molecule has 0 radical (unpaired) electrons. The molecule has 9 heteroatoms. The first-order valence-corrected chi connectivity index (χ1v) is 10.4. The van der Waals surface area contributed by atoms with Crippen molar-refractivity contribution in [2.45, 2.75) is 52.4 Å². The van der Waals surface area contributed by atoms with Crippen LogP contribution in [0, 0.1) is 10.1 Å². The first kappa shape index (κ1) is 22.3. The van der Waals surface area contributed by atoms with Gasteiger partial charge in [0, 0.05) is 49.2 Å². The van der Waals surface area contributed by atoms with E-state index in [1.165, 1.54) is 17.0 Å². The van der Waals surface area contributed by atoms with E-state index in [2.05, 4.69) is 9.88 Å². The van der Waals surface area contributed by atoms with E-state index >= 15 is 0 Å². The molecule has 1 aliphatic rings. The Morgan fingerprint density at radius 3 is 2.42 bits per heavy atom. The smallest absolute Gasteiger partial charge is 0.318 e. The maximum atomic E-state index is 13.4. The minimum absolute atomic E-state index is 0.00385. The summed E-state index contributed by atoms with van der Waals surface area (Å²) in [6, 6.07) is 9.35. The molecule has 1 atom stereocenters. The minimum atomic E-state index is -0.440. The molecule has 0 fully saturated rings. The zero-order valence-corrected chi connectivity index (χ0v) is 18.3. The number of urea groups is 1. The average molecular weight is 428 g/mol. The van der Waals surface area contributed by atoms with Gasteiger partial charge in [-0.3, -0.25) is 14.9 Å². The largest absolute Gasteiger partial charge is 0.348 e. The van der Waals surface area contributed by atoms with Gasteiger partial charge < -0.3 is 19.7 Å². The van der Waals surface area contributed by atoms with Gasteiger partial charge in [0.2, 0.25) is 5.91 Å². The topological polar surface area (TPSA) is 101 Å². The molecule has 0 aliphatic carbocycles. The minimum Gasteiger partial charge on any atom is -0.348 e. The lowest BCUT2D eigenvalue weighted by molar-refractivity contribution is -0.384. The molecular formula is C22H29N5O4. The lowest BCUT2D eigenvalue weighted by atomic mass is 9.99. The van der Waals surface area contributed by atoms with Crippen molar-refractivity contribution >= 4 is 17.6 Å². The van der Waals surface area contributed by atoms with Gasteiger partial charge in [0.25, 0.3) is 5.69 Å². The quantitative estimate of drug-likeness (QED) is 0.565. The second-order valence-electron chi connectivity index (χ2n) is 8.29. The zero-order chi connectivity index (χ0) is 22.7. The molecule has 0 spiro atoms. The highest BCUT2D eigenvalue weighted by Crippen LogP contribution is 2.33. The number of carbonyl (C=O) groups excluding carboxylic acids is 2. The molecule has 3 rings (SSSR count). The Morgan fingerprint density at radius 2 is 1.84 bits per heavy atom. The third-order valence-corrected chi connectivity index (χ3v) is 5.38. The summed E-state index contributed by atoms with van der Waals surface area (Å²) in [5.41, 5.74) is 1.74. The number of nitro benzene ring substituents is 1. The summed E-state index contributed by atoms with van der Waals surface area (Å²) in [5.74, 6) is -0.164. The van der Waals surface area contributed by atoms with Gasteiger partial charge in [-0.25, -0.2) is 4.79 Å². The Hall–Kier alpha value is -3.36. The maximum Gasteiger partial charge on any atom is 0.318 e. The fourth-order valence-electron chi connectivity index (χ4n) is 3.84. The summed E-state index contributed by atoms with van der Waals surface area (Å²) in [6.07, 6.45) is 1.96. The molecule has 0 saturated carbocycles. The van der Waals surface area contributed by atoms with E-state index in [1.54, 1.807) is 17.0 Å². The Labute approximate surface area is 181 Å². The lowest BCUT2D eigenvalue weighted by Gasteiger charge is -2.39. The molecule has 0 saturated heterocycles. The number of aromatic nitrogens is 1. The molecule has 31 heavy (non-hydrogen) atoms. The van der Waals surface area contributed by atoms with Crippen LogP contribution >= 0.6 is 0 Å². The van der Waals surface area contributed by atoms with Gasteiger partial charge in [0.15, 0.2) is 0 Å². The van der Waals surface area contributed by atoms with E-state index in [9.17, 15) is 19.7 Å². The van der Waals surface area contributed by atoms with Crippen molar-refractivity contribution in [2.75, 3.05) is 13.1 Å². The number of nitrogens with one attached hydrogen (secondary N) is 1. The molecule has 1 aliphatic heterocycles. The average Bonchev–Trinajstić information content (AvgIpc) is 3.19. The van der Waals surface area contributed by atoms with E-state index < -0.39 is 4.92 Å². The second-order valence-corrected chi connectivity index (χ2v) is 8.29. The van der Waals surface area contributed by atoms with E-state index in [0.717, 1.165) is 11.3 Å². The first-order chi connectivity index (χ1) is 14.7. The Morgan fingerprint density at radius 1 is 1.16 bits per heavy atom. The summed E-state index contributed by atoms with van der Waals surface area (Å²) in [7, 11) is 0. The SMILES string of the molecule is CC(C)NC(=O)N(CC(=O)N1CCn2cccc2[C@H]1c1ccc([N+](=O)[O-])cc1)C(C)C. The highest BCUT2D eigenvalue weighted by Gasteiger charge is 2.34. The molecule has 2 heterocycles. The van der Waals surface area contributed by atoms with Gasteiger partial charge in [-0.2, -0.15) is 0 Å². The van der Waals surface area contributed by atoms with Crippen LogP contribution in [0.25, 0.3) is 0 Å². The maximum absolute atomic E-state index is 13.4. The van der Waals surface area contributed by atoms with Gasteiger partial charge in [-0.05, 0) is 57.5 Å². The molecule has 1 N–H and O–H groups in total. The number of non-ortho nitro benzene ring substituents is 1. The summed E-state index contributed by atoms with van der Waals surface area (Å²) in [4.78, 5) is 39.9. The number of hydrogen-bond donors (Lipinski definition) is 1. The number of rotatable bonds is 6. The molecule has 2 aromatic rings. The lowest BCUT2D eigenvalue weighted by Crippen LogP contribution is -2.52. The molecule has 1 aromatic heterocycles. The predicted octanol–water partition coefficient (Wildman–Crippen LogP) is 3.16. The number of hydrogen-bond acceptors (Lipinski definition) is 4. The fraction of sp³-hybridized carbons (Fsp3) is 0.455. The molecule has 0 bridgehead atoms. The van der Waals surface area contributed by atoms with Crippen LogP contribution in [0.1, 0.15) is 45.0 Å². The van der Waals surface area contributed by atoms with Crippen LogP contribution in [0.2, 0.25) is 0 Å². The molecule has 1 aromatic carbocycles. The van der Waals surface area contributed by atoms with E-state index in [-0.39, 0.29) is 42.3 Å². The number of nitro groups is 1. The standard InChI is InChI=1S/C22H29N5O4/c1-15(2)23-22(29)26(16(3)4)14-20(28)25-13-12-24-11-5-6-19(24)21(25)17-7-9-18(10-8-17)27(30)31/h5-11,15-16,21H,12-14H2,1-4H3,(H,23,29)/t21-/m1/s1.